The van der Waals surface area contributed by atoms with Crippen LogP contribution in [0.15, 0.2) is 24.3 Å². The molecule has 146 valence electrons. The first-order valence-corrected chi connectivity index (χ1v) is 11.3. The van der Waals surface area contributed by atoms with E-state index in [4.69, 9.17) is 0 Å². The summed E-state index contributed by atoms with van der Waals surface area (Å²) in [6.45, 7) is 16.8. The number of likely N-dealkylation sites (tertiary alicyclic amines) is 2. The van der Waals surface area contributed by atoms with E-state index in [9.17, 15) is 0 Å². The standard InChI is InChI=1S/C24H41N2/c1-3-25(17-7-8-18-25)21-11-15-23-13-5-6-14-24(23)16-12-22-26(4-2)19-9-10-20-26/h3,5-6,13-14H,4,7-12,15-22H2,1-2H3/q+1. The van der Waals surface area contributed by atoms with Crippen LogP contribution in [0.5, 0.6) is 0 Å². The van der Waals surface area contributed by atoms with Crippen molar-refractivity contribution in [3.05, 3.63) is 41.9 Å². The maximum absolute atomic E-state index is 2.46. The summed E-state index contributed by atoms with van der Waals surface area (Å²) in [5, 5.41) is 0. The lowest BCUT2D eigenvalue weighted by molar-refractivity contribution is -0.915. The molecule has 2 heteroatoms. The Kier molecular flexibility index (Phi) is 7.17. The Hall–Kier alpha value is -0.860. The van der Waals surface area contributed by atoms with Crippen molar-refractivity contribution in [1.82, 2.24) is 0 Å². The van der Waals surface area contributed by atoms with Crippen LogP contribution in [0.1, 0.15) is 63.5 Å². The van der Waals surface area contributed by atoms with E-state index in [0.717, 1.165) is 0 Å². The second-order valence-electron chi connectivity index (χ2n) is 8.87. The third-order valence-corrected chi connectivity index (χ3v) is 7.44. The summed E-state index contributed by atoms with van der Waals surface area (Å²) in [4.78, 5) is 0. The van der Waals surface area contributed by atoms with Gasteiger partial charge in [-0.25, -0.2) is 0 Å². The van der Waals surface area contributed by atoms with Crippen molar-refractivity contribution in [3.8, 4) is 0 Å². The largest absolute Gasteiger partial charge is 0.455 e. The van der Waals surface area contributed by atoms with Crippen LogP contribution in [0.2, 0.25) is 0 Å². The van der Waals surface area contributed by atoms with Gasteiger partial charge in [0.1, 0.15) is 0 Å². The Balaban J connectivity index is 1.49. The highest BCUT2D eigenvalue weighted by molar-refractivity contribution is 5.27. The molecule has 0 saturated carbocycles. The molecule has 0 atom stereocenters. The number of hydrogen-bond acceptors (Lipinski definition) is 0. The van der Waals surface area contributed by atoms with Gasteiger partial charge in [0.2, 0.25) is 0 Å². The minimum Gasteiger partial charge on any atom is -0.455 e. The van der Waals surface area contributed by atoms with Crippen LogP contribution in [0.4, 0.5) is 0 Å². The van der Waals surface area contributed by atoms with Gasteiger partial charge in [0, 0.05) is 19.3 Å². The van der Waals surface area contributed by atoms with Crippen LogP contribution in [-0.2, 0) is 12.8 Å². The summed E-state index contributed by atoms with van der Waals surface area (Å²) >= 11 is 0. The quantitative estimate of drug-likeness (QED) is 0.409. The van der Waals surface area contributed by atoms with Crippen LogP contribution in [0, 0.1) is 6.54 Å². The van der Waals surface area contributed by atoms with Crippen molar-refractivity contribution in [2.75, 3.05) is 45.8 Å². The van der Waals surface area contributed by atoms with Gasteiger partial charge in [0.25, 0.3) is 0 Å². The first kappa shape index (κ1) is 19.9. The minimum atomic E-state index is 1.26. The second-order valence-corrected chi connectivity index (χ2v) is 8.87. The number of quaternary nitrogens is 2. The Bertz CT molecular complexity index is 490. The fraction of sp³-hybridized carbons (Fsp3) is 0.708. The lowest BCUT2D eigenvalue weighted by Crippen LogP contribution is -2.45. The zero-order valence-corrected chi connectivity index (χ0v) is 17.4. The maximum atomic E-state index is 2.46. The number of hydrogen-bond donors (Lipinski definition) is 0. The van der Waals surface area contributed by atoms with Gasteiger partial charge in [-0.1, -0.05) is 24.3 Å². The molecule has 2 aliphatic rings. The van der Waals surface area contributed by atoms with Crippen LogP contribution in [0.3, 0.4) is 0 Å². The predicted octanol–water partition coefficient (Wildman–Crippen LogP) is 4.97. The average Bonchev–Trinajstić information content (AvgIpc) is 3.34. The van der Waals surface area contributed by atoms with Crippen LogP contribution in [0.25, 0.3) is 0 Å². The lowest BCUT2D eigenvalue weighted by atomic mass is 9.98. The molecule has 0 amide bonds. The van der Waals surface area contributed by atoms with Crippen LogP contribution < -0.4 is 0 Å². The molecule has 0 radical (unpaired) electrons. The molecule has 1 aromatic rings. The van der Waals surface area contributed by atoms with Crippen molar-refractivity contribution in [1.29, 1.82) is 0 Å². The van der Waals surface area contributed by atoms with E-state index in [0.29, 0.717) is 0 Å². The fourth-order valence-corrected chi connectivity index (χ4v) is 5.51. The highest BCUT2D eigenvalue weighted by Crippen LogP contribution is 2.24. The molecule has 2 saturated heterocycles. The molecule has 0 N–H and O–H groups in total. The van der Waals surface area contributed by atoms with Gasteiger partial charge in [-0.2, -0.15) is 0 Å². The summed E-state index contributed by atoms with van der Waals surface area (Å²) in [5.74, 6) is 0. The third kappa shape index (κ3) is 4.89. The van der Waals surface area contributed by atoms with E-state index in [1.165, 1.54) is 106 Å². The molecular formula is C24H41N2+. The van der Waals surface area contributed by atoms with E-state index in [1.54, 1.807) is 11.1 Å². The van der Waals surface area contributed by atoms with Crippen LogP contribution in [-0.4, -0.2) is 54.8 Å². The number of aryl methyl sites for hydroxylation is 2. The first-order chi connectivity index (χ1) is 12.7. The van der Waals surface area contributed by atoms with E-state index >= 15 is 0 Å². The van der Waals surface area contributed by atoms with E-state index in [2.05, 4.69) is 44.7 Å². The van der Waals surface area contributed by atoms with Gasteiger partial charge in [0.15, 0.2) is 0 Å². The SMILES string of the molecule is C[CH-][N+]1(CCCc2ccccc2CCC[N+]2(CC)CCCC2)CCCC1. The van der Waals surface area contributed by atoms with Crippen molar-refractivity contribution in [2.45, 2.75) is 65.2 Å². The normalized spacial score (nSPS) is 21.3. The monoisotopic (exact) mass is 357 g/mol. The van der Waals surface area contributed by atoms with Gasteiger partial charge < -0.3 is 8.97 Å². The Morgan fingerprint density at radius 2 is 1.35 bits per heavy atom. The van der Waals surface area contributed by atoms with Crippen molar-refractivity contribution < 1.29 is 8.97 Å². The summed E-state index contributed by atoms with van der Waals surface area (Å²) in [5.41, 5.74) is 3.24. The molecule has 3 rings (SSSR count). The topological polar surface area (TPSA) is 0 Å². The highest BCUT2D eigenvalue weighted by Gasteiger charge is 2.29. The van der Waals surface area contributed by atoms with Gasteiger partial charge >= 0.3 is 0 Å². The molecule has 2 aliphatic heterocycles. The predicted molar refractivity (Wildman–Crippen MR) is 112 cm³/mol. The first-order valence-electron chi connectivity index (χ1n) is 11.3. The van der Waals surface area contributed by atoms with Crippen molar-refractivity contribution >= 4 is 0 Å². The molecule has 0 aliphatic carbocycles. The smallest absolute Gasteiger partial charge is 0.0789 e. The Labute approximate surface area is 162 Å². The zero-order chi connectivity index (χ0) is 18.3. The summed E-state index contributed by atoms with van der Waals surface area (Å²) in [6.07, 6.45) is 10.9. The van der Waals surface area contributed by atoms with Gasteiger partial charge in [-0.3, -0.25) is 0 Å². The third-order valence-electron chi connectivity index (χ3n) is 7.44. The van der Waals surface area contributed by atoms with E-state index in [-0.39, 0.29) is 0 Å². The molecule has 2 nitrogen and oxygen atoms in total. The Morgan fingerprint density at radius 1 is 0.808 bits per heavy atom. The van der Waals surface area contributed by atoms with E-state index in [1.807, 2.05) is 0 Å². The highest BCUT2D eigenvalue weighted by atomic mass is 15.4. The lowest BCUT2D eigenvalue weighted by Gasteiger charge is -2.42. The number of rotatable bonds is 10. The van der Waals surface area contributed by atoms with E-state index < -0.39 is 0 Å². The maximum Gasteiger partial charge on any atom is 0.0789 e. The zero-order valence-electron chi connectivity index (χ0n) is 17.4. The van der Waals surface area contributed by atoms with Crippen molar-refractivity contribution in [3.63, 3.8) is 0 Å². The molecular weight excluding hydrogens is 316 g/mol. The van der Waals surface area contributed by atoms with Gasteiger partial charge in [0.05, 0.1) is 45.8 Å². The van der Waals surface area contributed by atoms with Gasteiger partial charge in [-0.15, -0.1) is 13.5 Å². The number of benzene rings is 1. The molecule has 0 aromatic heterocycles. The molecule has 2 fully saturated rings. The van der Waals surface area contributed by atoms with Crippen molar-refractivity contribution in [2.24, 2.45) is 0 Å². The number of nitrogens with zero attached hydrogens (tertiary/aromatic N) is 2. The molecule has 0 spiro atoms. The van der Waals surface area contributed by atoms with Gasteiger partial charge in [-0.05, 0) is 50.2 Å². The molecule has 0 unspecified atom stereocenters. The minimum absolute atomic E-state index is 1.26. The second kappa shape index (κ2) is 9.37. The molecule has 26 heavy (non-hydrogen) atoms. The molecule has 2 heterocycles. The molecule has 1 aromatic carbocycles. The summed E-state index contributed by atoms with van der Waals surface area (Å²) in [6, 6.07) is 9.26. The van der Waals surface area contributed by atoms with Crippen LogP contribution >= 0.6 is 0 Å². The average molecular weight is 358 g/mol. The summed E-state index contributed by atoms with van der Waals surface area (Å²) < 4.78 is 2.65. The molecule has 0 bridgehead atoms. The Morgan fingerprint density at radius 3 is 1.88 bits per heavy atom. The summed E-state index contributed by atoms with van der Waals surface area (Å²) in [7, 11) is 0. The fourth-order valence-electron chi connectivity index (χ4n) is 5.51.